The number of carbonyl (C=O) groups is 1. The zero-order valence-electron chi connectivity index (χ0n) is 11.5. The van der Waals surface area contributed by atoms with Crippen LogP contribution in [0.5, 0.6) is 0 Å². The highest BCUT2D eigenvalue weighted by Gasteiger charge is 2.28. The average molecular weight is 303 g/mol. The molecule has 1 N–H and O–H groups in total. The Labute approximate surface area is 120 Å². The maximum Gasteiger partial charge on any atom is 0.254 e. The van der Waals surface area contributed by atoms with Crippen molar-refractivity contribution in [3.63, 3.8) is 0 Å². The van der Waals surface area contributed by atoms with Crippen molar-refractivity contribution >= 4 is 5.91 Å². The van der Waals surface area contributed by atoms with E-state index in [9.17, 15) is 18.0 Å². The molecule has 1 fully saturated rings. The topological polar surface area (TPSA) is 47.6 Å². The van der Waals surface area contributed by atoms with Crippen LogP contribution < -0.4 is 5.32 Å². The van der Waals surface area contributed by atoms with E-state index in [4.69, 9.17) is 9.47 Å². The van der Waals surface area contributed by atoms with Crippen LogP contribution in [0.4, 0.5) is 13.2 Å². The lowest BCUT2D eigenvalue weighted by Gasteiger charge is -2.33. The van der Waals surface area contributed by atoms with Crippen LogP contribution in [0.1, 0.15) is 30.1 Å². The van der Waals surface area contributed by atoms with E-state index in [1.165, 1.54) is 0 Å². The standard InChI is InChI=1S/C14H16F3NO3/c1-14(20-7-2-8-21-14)5-6-18-13(19)9-3-4-10(15)12(17)11(9)16/h3-4H,2,5-8H2,1H3,(H,18,19). The lowest BCUT2D eigenvalue weighted by molar-refractivity contribution is -0.257. The minimum absolute atomic E-state index is 0.160. The van der Waals surface area contributed by atoms with Crippen LogP contribution in [-0.4, -0.2) is 31.5 Å². The van der Waals surface area contributed by atoms with Crippen LogP contribution in [0.15, 0.2) is 12.1 Å². The Morgan fingerprint density at radius 2 is 1.90 bits per heavy atom. The highest BCUT2D eigenvalue weighted by atomic mass is 19.2. The van der Waals surface area contributed by atoms with Crippen LogP contribution in [0.2, 0.25) is 0 Å². The zero-order chi connectivity index (χ0) is 15.5. The number of carbonyl (C=O) groups excluding carboxylic acids is 1. The van der Waals surface area contributed by atoms with E-state index in [0.717, 1.165) is 12.5 Å². The molecule has 4 nitrogen and oxygen atoms in total. The summed E-state index contributed by atoms with van der Waals surface area (Å²) in [5, 5.41) is 2.43. The summed E-state index contributed by atoms with van der Waals surface area (Å²) < 4.78 is 50.2. The van der Waals surface area contributed by atoms with Crippen molar-refractivity contribution in [1.29, 1.82) is 0 Å². The zero-order valence-corrected chi connectivity index (χ0v) is 11.5. The van der Waals surface area contributed by atoms with Gasteiger partial charge < -0.3 is 14.8 Å². The molecule has 2 rings (SSSR count). The molecule has 1 aromatic rings. The number of halogens is 3. The normalized spacial score (nSPS) is 17.5. The SMILES string of the molecule is CC1(CCNC(=O)c2ccc(F)c(F)c2F)OCCCO1. The fourth-order valence-corrected chi connectivity index (χ4v) is 2.02. The van der Waals surface area contributed by atoms with Gasteiger partial charge in [0.1, 0.15) is 0 Å². The molecule has 0 bridgehead atoms. The molecule has 0 atom stereocenters. The molecule has 1 heterocycles. The van der Waals surface area contributed by atoms with Crippen LogP contribution in [0.3, 0.4) is 0 Å². The summed E-state index contributed by atoms with van der Waals surface area (Å²) in [4.78, 5) is 11.8. The Balaban J connectivity index is 1.92. The largest absolute Gasteiger partial charge is 0.352 e. The molecule has 116 valence electrons. The first-order chi connectivity index (χ1) is 9.93. The van der Waals surface area contributed by atoms with Gasteiger partial charge >= 0.3 is 0 Å². The summed E-state index contributed by atoms with van der Waals surface area (Å²) in [5.41, 5.74) is -0.537. The fraction of sp³-hybridized carbons (Fsp3) is 0.500. The molecule has 0 radical (unpaired) electrons. The molecule has 7 heteroatoms. The summed E-state index contributed by atoms with van der Waals surface area (Å²) >= 11 is 0. The summed E-state index contributed by atoms with van der Waals surface area (Å²) in [6, 6.07) is 1.61. The van der Waals surface area contributed by atoms with Gasteiger partial charge in [0, 0.05) is 13.0 Å². The maximum atomic E-state index is 13.4. The van der Waals surface area contributed by atoms with Gasteiger partial charge in [-0.1, -0.05) is 0 Å². The van der Waals surface area contributed by atoms with E-state index in [0.29, 0.717) is 25.7 Å². The molecule has 1 saturated heterocycles. The first-order valence-electron chi connectivity index (χ1n) is 6.62. The van der Waals surface area contributed by atoms with E-state index < -0.39 is 34.7 Å². The first-order valence-corrected chi connectivity index (χ1v) is 6.62. The highest BCUT2D eigenvalue weighted by Crippen LogP contribution is 2.21. The molecule has 0 aromatic heterocycles. The number of rotatable bonds is 4. The van der Waals surface area contributed by atoms with Crippen LogP contribution in [0.25, 0.3) is 0 Å². The van der Waals surface area contributed by atoms with Gasteiger partial charge in [-0.25, -0.2) is 13.2 Å². The van der Waals surface area contributed by atoms with E-state index in [1.807, 2.05) is 0 Å². The Kier molecular flexibility index (Phi) is 4.84. The van der Waals surface area contributed by atoms with Crippen molar-refractivity contribution < 1.29 is 27.4 Å². The minimum atomic E-state index is -1.66. The molecule has 21 heavy (non-hydrogen) atoms. The summed E-state index contributed by atoms with van der Waals surface area (Å²) in [5.74, 6) is -6.10. The quantitative estimate of drug-likeness (QED) is 0.869. The smallest absolute Gasteiger partial charge is 0.254 e. The van der Waals surface area contributed by atoms with Crippen LogP contribution in [0, 0.1) is 17.5 Å². The lowest BCUT2D eigenvalue weighted by Crippen LogP contribution is -2.41. The van der Waals surface area contributed by atoms with Crippen molar-refractivity contribution in [2.75, 3.05) is 19.8 Å². The molecular weight excluding hydrogens is 287 g/mol. The van der Waals surface area contributed by atoms with Crippen molar-refractivity contribution in [3.8, 4) is 0 Å². The average Bonchev–Trinajstić information content (AvgIpc) is 2.45. The van der Waals surface area contributed by atoms with E-state index in [2.05, 4.69) is 5.32 Å². The maximum absolute atomic E-state index is 13.4. The number of ether oxygens (including phenoxy) is 2. The van der Waals surface area contributed by atoms with E-state index >= 15 is 0 Å². The third-order valence-corrected chi connectivity index (χ3v) is 3.25. The molecule has 1 aliphatic heterocycles. The molecule has 0 aliphatic carbocycles. The number of nitrogens with one attached hydrogen (secondary N) is 1. The fourth-order valence-electron chi connectivity index (χ4n) is 2.02. The van der Waals surface area contributed by atoms with Gasteiger partial charge in [0.2, 0.25) is 0 Å². The van der Waals surface area contributed by atoms with Gasteiger partial charge in [-0.15, -0.1) is 0 Å². The monoisotopic (exact) mass is 303 g/mol. The van der Waals surface area contributed by atoms with Crippen molar-refractivity contribution in [2.45, 2.75) is 25.6 Å². The third-order valence-electron chi connectivity index (χ3n) is 3.25. The Bertz CT molecular complexity index is 530. The predicted molar refractivity (Wildman–Crippen MR) is 68.2 cm³/mol. The lowest BCUT2D eigenvalue weighted by atomic mass is 10.1. The predicted octanol–water partition coefficient (Wildman–Crippen LogP) is 2.38. The second-order valence-electron chi connectivity index (χ2n) is 4.91. The van der Waals surface area contributed by atoms with Gasteiger partial charge in [-0.3, -0.25) is 4.79 Å². The van der Waals surface area contributed by atoms with Gasteiger partial charge in [0.05, 0.1) is 18.8 Å². The Hall–Kier alpha value is -1.60. The molecule has 0 unspecified atom stereocenters. The minimum Gasteiger partial charge on any atom is -0.352 e. The Morgan fingerprint density at radius 1 is 1.24 bits per heavy atom. The van der Waals surface area contributed by atoms with Crippen molar-refractivity contribution in [2.24, 2.45) is 0 Å². The molecule has 0 saturated carbocycles. The first kappa shape index (κ1) is 15.8. The van der Waals surface area contributed by atoms with Crippen LogP contribution >= 0.6 is 0 Å². The Morgan fingerprint density at radius 3 is 2.57 bits per heavy atom. The number of hydrogen-bond donors (Lipinski definition) is 1. The molecular formula is C14H16F3NO3. The molecule has 1 amide bonds. The molecule has 1 aliphatic rings. The number of hydrogen-bond acceptors (Lipinski definition) is 3. The van der Waals surface area contributed by atoms with Crippen molar-refractivity contribution in [3.05, 3.63) is 35.1 Å². The summed E-state index contributed by atoms with van der Waals surface area (Å²) in [6.07, 6.45) is 1.17. The van der Waals surface area contributed by atoms with Gasteiger partial charge in [0.25, 0.3) is 5.91 Å². The van der Waals surface area contributed by atoms with Gasteiger partial charge in [0.15, 0.2) is 23.2 Å². The van der Waals surface area contributed by atoms with Crippen LogP contribution in [-0.2, 0) is 9.47 Å². The summed E-state index contributed by atoms with van der Waals surface area (Å²) in [7, 11) is 0. The highest BCUT2D eigenvalue weighted by molar-refractivity contribution is 5.94. The van der Waals surface area contributed by atoms with E-state index in [1.54, 1.807) is 6.92 Å². The molecule has 1 aromatic carbocycles. The number of amides is 1. The van der Waals surface area contributed by atoms with Crippen molar-refractivity contribution in [1.82, 2.24) is 5.32 Å². The molecule has 0 spiro atoms. The number of benzene rings is 1. The summed E-state index contributed by atoms with van der Waals surface area (Å²) in [6.45, 7) is 3.05. The van der Waals surface area contributed by atoms with E-state index in [-0.39, 0.29) is 6.54 Å². The second kappa shape index (κ2) is 6.44. The second-order valence-corrected chi connectivity index (χ2v) is 4.91. The third kappa shape index (κ3) is 3.74. The van der Waals surface area contributed by atoms with Gasteiger partial charge in [-0.05, 0) is 25.5 Å². The van der Waals surface area contributed by atoms with Gasteiger partial charge in [-0.2, -0.15) is 0 Å².